The van der Waals surface area contributed by atoms with Crippen LogP contribution >= 0.6 is 11.6 Å². The van der Waals surface area contributed by atoms with Crippen LogP contribution in [0.3, 0.4) is 0 Å². The first-order valence-corrected chi connectivity index (χ1v) is 5.31. The van der Waals surface area contributed by atoms with Gasteiger partial charge in [-0.3, -0.25) is 4.79 Å². The van der Waals surface area contributed by atoms with E-state index in [1.165, 1.54) is 12.4 Å². The van der Waals surface area contributed by atoms with Crippen LogP contribution in [0.2, 0.25) is 5.15 Å². The van der Waals surface area contributed by atoms with E-state index in [4.69, 9.17) is 18.0 Å². The van der Waals surface area contributed by atoms with Gasteiger partial charge in [-0.25, -0.2) is 9.97 Å². The maximum atomic E-state index is 11.5. The summed E-state index contributed by atoms with van der Waals surface area (Å²) >= 11 is 5.55. The smallest absolute Gasteiger partial charge is 0.271 e. The lowest BCUT2D eigenvalue weighted by molar-refractivity contribution is 0.0947. The van der Waals surface area contributed by atoms with Crippen LogP contribution in [0.15, 0.2) is 12.4 Å². The average molecular weight is 238 g/mol. The Hall–Kier alpha value is -1.60. The van der Waals surface area contributed by atoms with Crippen LogP contribution in [0.1, 0.15) is 29.8 Å². The van der Waals surface area contributed by atoms with Gasteiger partial charge in [-0.1, -0.05) is 11.6 Å². The van der Waals surface area contributed by atoms with Gasteiger partial charge in [0.2, 0.25) is 0 Å². The fraction of sp³-hybridized carbons (Fsp3) is 0.364. The summed E-state index contributed by atoms with van der Waals surface area (Å²) in [5.74, 6) is 2.30. The first-order chi connectivity index (χ1) is 7.74. The highest BCUT2D eigenvalue weighted by molar-refractivity contribution is 6.29. The average Bonchev–Trinajstić information content (AvgIpc) is 2.29. The molecule has 1 heterocycles. The molecular formula is C11H12ClN3O. The number of hydrogen-bond donors (Lipinski definition) is 1. The zero-order valence-electron chi connectivity index (χ0n) is 8.74. The van der Waals surface area contributed by atoms with E-state index >= 15 is 0 Å². The highest BCUT2D eigenvalue weighted by atomic mass is 35.5. The number of terminal acetylenes is 1. The van der Waals surface area contributed by atoms with E-state index in [0.29, 0.717) is 6.54 Å². The minimum absolute atomic E-state index is 0.245. The number of unbranched alkanes of at least 4 members (excludes halogenated alkanes) is 2. The zero-order chi connectivity index (χ0) is 11.8. The lowest BCUT2D eigenvalue weighted by atomic mass is 10.2. The van der Waals surface area contributed by atoms with Crippen molar-refractivity contribution in [1.29, 1.82) is 0 Å². The Labute approximate surface area is 99.4 Å². The van der Waals surface area contributed by atoms with Gasteiger partial charge < -0.3 is 5.32 Å². The maximum Gasteiger partial charge on any atom is 0.271 e. The van der Waals surface area contributed by atoms with Gasteiger partial charge in [-0.2, -0.15) is 0 Å². The molecule has 84 valence electrons. The highest BCUT2D eigenvalue weighted by Crippen LogP contribution is 2.01. The van der Waals surface area contributed by atoms with Crippen molar-refractivity contribution in [2.24, 2.45) is 0 Å². The van der Waals surface area contributed by atoms with Crippen molar-refractivity contribution in [2.45, 2.75) is 19.3 Å². The molecular weight excluding hydrogens is 226 g/mol. The fourth-order valence-electron chi connectivity index (χ4n) is 1.07. The molecule has 0 saturated carbocycles. The summed E-state index contributed by atoms with van der Waals surface area (Å²) in [4.78, 5) is 19.1. The molecule has 0 bridgehead atoms. The van der Waals surface area contributed by atoms with Crippen molar-refractivity contribution in [3.8, 4) is 12.3 Å². The lowest BCUT2D eigenvalue weighted by Crippen LogP contribution is -2.25. The van der Waals surface area contributed by atoms with Gasteiger partial charge in [-0.15, -0.1) is 12.3 Å². The summed E-state index contributed by atoms with van der Waals surface area (Å²) in [6.07, 6.45) is 10.3. The molecule has 1 N–H and O–H groups in total. The molecule has 1 aromatic heterocycles. The van der Waals surface area contributed by atoms with Crippen LogP contribution in [-0.2, 0) is 0 Å². The van der Waals surface area contributed by atoms with Gasteiger partial charge >= 0.3 is 0 Å². The molecule has 0 unspecified atom stereocenters. The Bertz CT molecular complexity index is 383. The predicted molar refractivity (Wildman–Crippen MR) is 62.1 cm³/mol. The number of nitrogens with one attached hydrogen (secondary N) is 1. The molecule has 16 heavy (non-hydrogen) atoms. The van der Waals surface area contributed by atoms with E-state index in [1.54, 1.807) is 0 Å². The molecule has 0 saturated heterocycles. The number of rotatable bonds is 5. The molecule has 0 aliphatic carbocycles. The van der Waals surface area contributed by atoms with Crippen molar-refractivity contribution in [1.82, 2.24) is 15.3 Å². The van der Waals surface area contributed by atoms with Crippen molar-refractivity contribution >= 4 is 17.5 Å². The third kappa shape index (κ3) is 4.28. The largest absolute Gasteiger partial charge is 0.351 e. The minimum Gasteiger partial charge on any atom is -0.351 e. The number of amides is 1. The Morgan fingerprint density at radius 1 is 1.44 bits per heavy atom. The molecule has 0 aromatic carbocycles. The van der Waals surface area contributed by atoms with Crippen molar-refractivity contribution in [3.05, 3.63) is 23.2 Å². The van der Waals surface area contributed by atoms with Crippen molar-refractivity contribution < 1.29 is 4.79 Å². The van der Waals surface area contributed by atoms with Gasteiger partial charge in [0, 0.05) is 13.0 Å². The second-order valence-electron chi connectivity index (χ2n) is 3.14. The third-order valence-corrected chi connectivity index (χ3v) is 2.08. The Balaban J connectivity index is 2.30. The van der Waals surface area contributed by atoms with Crippen LogP contribution in [0, 0.1) is 12.3 Å². The van der Waals surface area contributed by atoms with E-state index in [1.807, 2.05) is 0 Å². The lowest BCUT2D eigenvalue weighted by Gasteiger charge is -2.03. The number of carbonyl (C=O) groups is 1. The van der Waals surface area contributed by atoms with E-state index in [2.05, 4.69) is 21.2 Å². The number of halogens is 1. The molecule has 0 aliphatic rings. The summed E-state index contributed by atoms with van der Waals surface area (Å²) in [5, 5.41) is 2.99. The third-order valence-electron chi connectivity index (χ3n) is 1.89. The first-order valence-electron chi connectivity index (χ1n) is 4.93. The summed E-state index contributed by atoms with van der Waals surface area (Å²) in [6, 6.07) is 0. The zero-order valence-corrected chi connectivity index (χ0v) is 9.50. The fourth-order valence-corrected chi connectivity index (χ4v) is 1.17. The monoisotopic (exact) mass is 237 g/mol. The Morgan fingerprint density at radius 3 is 2.88 bits per heavy atom. The Kier molecular flexibility index (Phi) is 5.30. The first kappa shape index (κ1) is 12.5. The number of aromatic nitrogens is 2. The molecule has 0 spiro atoms. The molecule has 0 radical (unpaired) electrons. The minimum atomic E-state index is -0.245. The quantitative estimate of drug-likeness (QED) is 0.626. The maximum absolute atomic E-state index is 11.5. The van der Waals surface area contributed by atoms with Crippen LogP contribution < -0.4 is 5.32 Å². The van der Waals surface area contributed by atoms with E-state index in [9.17, 15) is 4.79 Å². The van der Waals surface area contributed by atoms with Gasteiger partial charge in [0.1, 0.15) is 10.8 Å². The molecule has 0 aliphatic heterocycles. The summed E-state index contributed by atoms with van der Waals surface area (Å²) < 4.78 is 0. The molecule has 1 amide bonds. The van der Waals surface area contributed by atoms with Crippen LogP contribution in [0.5, 0.6) is 0 Å². The SMILES string of the molecule is C#CCCCCNC(=O)c1cnc(Cl)cn1. The highest BCUT2D eigenvalue weighted by Gasteiger charge is 2.06. The van der Waals surface area contributed by atoms with E-state index < -0.39 is 0 Å². The van der Waals surface area contributed by atoms with Gasteiger partial charge in [-0.05, 0) is 12.8 Å². The van der Waals surface area contributed by atoms with E-state index in [0.717, 1.165) is 19.3 Å². The van der Waals surface area contributed by atoms with E-state index in [-0.39, 0.29) is 16.8 Å². The number of carbonyl (C=O) groups excluding carboxylic acids is 1. The Morgan fingerprint density at radius 2 is 2.25 bits per heavy atom. The predicted octanol–water partition coefficient (Wildman–Crippen LogP) is 1.66. The normalized spacial score (nSPS) is 9.50. The van der Waals surface area contributed by atoms with Crippen molar-refractivity contribution in [3.63, 3.8) is 0 Å². The summed E-state index contributed by atoms with van der Waals surface area (Å²) in [6.45, 7) is 0.588. The van der Waals surface area contributed by atoms with Crippen LogP contribution in [0.25, 0.3) is 0 Å². The molecule has 5 heteroatoms. The molecule has 0 atom stereocenters. The summed E-state index contributed by atoms with van der Waals surface area (Å²) in [5.41, 5.74) is 0.265. The second kappa shape index (κ2) is 6.81. The molecule has 1 rings (SSSR count). The standard InChI is InChI=1S/C11H12ClN3O/c1-2-3-4-5-6-13-11(16)9-7-15-10(12)8-14-9/h1,7-8H,3-6H2,(H,13,16). The van der Waals surface area contributed by atoms with Crippen LogP contribution in [0.4, 0.5) is 0 Å². The van der Waals surface area contributed by atoms with Crippen molar-refractivity contribution in [2.75, 3.05) is 6.54 Å². The molecule has 1 aromatic rings. The molecule has 4 nitrogen and oxygen atoms in total. The van der Waals surface area contributed by atoms with Crippen LogP contribution in [-0.4, -0.2) is 22.4 Å². The molecule has 0 fully saturated rings. The number of hydrogen-bond acceptors (Lipinski definition) is 3. The second-order valence-corrected chi connectivity index (χ2v) is 3.53. The topological polar surface area (TPSA) is 54.9 Å². The number of nitrogens with zero attached hydrogens (tertiary/aromatic N) is 2. The van der Waals surface area contributed by atoms with Gasteiger partial charge in [0.15, 0.2) is 0 Å². The summed E-state index contributed by atoms with van der Waals surface area (Å²) in [7, 11) is 0. The van der Waals surface area contributed by atoms with Gasteiger partial charge in [0.05, 0.1) is 12.4 Å². The van der Waals surface area contributed by atoms with Gasteiger partial charge in [0.25, 0.3) is 5.91 Å².